The SMILES string of the molecule is CS(=O)(=O)N1CCC[C@H](C(=O)Nc2ccn(CC(=O)O)n2)C1. The van der Waals surface area contributed by atoms with Crippen molar-refractivity contribution in [1.29, 1.82) is 0 Å². The van der Waals surface area contributed by atoms with Crippen molar-refractivity contribution < 1.29 is 23.1 Å². The number of sulfonamides is 1. The minimum absolute atomic E-state index is 0.153. The highest BCUT2D eigenvalue weighted by Crippen LogP contribution is 2.20. The summed E-state index contributed by atoms with van der Waals surface area (Å²) < 4.78 is 25.6. The molecule has 2 heterocycles. The number of carboxylic acid groups (broad SMARTS) is 1. The van der Waals surface area contributed by atoms with E-state index in [0.29, 0.717) is 19.4 Å². The molecule has 22 heavy (non-hydrogen) atoms. The van der Waals surface area contributed by atoms with Crippen LogP contribution in [0.2, 0.25) is 0 Å². The van der Waals surface area contributed by atoms with Gasteiger partial charge >= 0.3 is 5.97 Å². The molecule has 10 heteroatoms. The first-order valence-corrected chi connectivity index (χ1v) is 8.62. The first-order valence-electron chi connectivity index (χ1n) is 6.77. The van der Waals surface area contributed by atoms with E-state index in [1.807, 2.05) is 0 Å². The van der Waals surface area contributed by atoms with Crippen LogP contribution in [-0.4, -0.2) is 58.8 Å². The molecule has 9 nitrogen and oxygen atoms in total. The van der Waals surface area contributed by atoms with Gasteiger partial charge in [0.2, 0.25) is 15.9 Å². The van der Waals surface area contributed by atoms with Gasteiger partial charge in [-0.05, 0) is 12.8 Å². The van der Waals surface area contributed by atoms with Gasteiger partial charge < -0.3 is 10.4 Å². The number of nitrogens with zero attached hydrogens (tertiary/aromatic N) is 3. The number of carbonyl (C=O) groups excluding carboxylic acids is 1. The lowest BCUT2D eigenvalue weighted by Gasteiger charge is -2.29. The summed E-state index contributed by atoms with van der Waals surface area (Å²) in [6.07, 6.45) is 3.81. The monoisotopic (exact) mass is 330 g/mol. The van der Waals surface area contributed by atoms with Crippen molar-refractivity contribution in [2.45, 2.75) is 19.4 Å². The molecule has 1 aliphatic heterocycles. The summed E-state index contributed by atoms with van der Waals surface area (Å²) in [5.74, 6) is -1.53. The van der Waals surface area contributed by atoms with Crippen LogP contribution in [0.3, 0.4) is 0 Å². The molecule has 1 fully saturated rings. The Balaban J connectivity index is 1.97. The fourth-order valence-corrected chi connectivity index (χ4v) is 3.25. The number of carboxylic acids is 1. The second kappa shape index (κ2) is 6.44. The number of aromatic nitrogens is 2. The normalized spacial score (nSPS) is 19.8. The number of anilines is 1. The van der Waals surface area contributed by atoms with Gasteiger partial charge in [0.05, 0.1) is 12.2 Å². The smallest absolute Gasteiger partial charge is 0.325 e. The van der Waals surface area contributed by atoms with Gasteiger partial charge in [-0.15, -0.1) is 0 Å². The Labute approximate surface area is 128 Å². The van der Waals surface area contributed by atoms with Crippen LogP contribution in [0, 0.1) is 5.92 Å². The van der Waals surface area contributed by atoms with Gasteiger partial charge in [-0.1, -0.05) is 0 Å². The van der Waals surface area contributed by atoms with Crippen molar-refractivity contribution in [3.05, 3.63) is 12.3 Å². The number of hydrogen-bond acceptors (Lipinski definition) is 5. The first kappa shape index (κ1) is 16.4. The number of nitrogens with one attached hydrogen (secondary N) is 1. The fraction of sp³-hybridized carbons (Fsp3) is 0.583. The highest BCUT2D eigenvalue weighted by atomic mass is 32.2. The van der Waals surface area contributed by atoms with Crippen LogP contribution in [0.25, 0.3) is 0 Å². The summed E-state index contributed by atoms with van der Waals surface area (Å²) in [6.45, 7) is 0.289. The molecule has 0 bridgehead atoms. The number of hydrogen-bond donors (Lipinski definition) is 2. The summed E-state index contributed by atoms with van der Waals surface area (Å²) in [5.41, 5.74) is 0. The van der Waals surface area contributed by atoms with E-state index in [4.69, 9.17) is 5.11 Å². The van der Waals surface area contributed by atoms with Gasteiger partial charge in [0.15, 0.2) is 5.82 Å². The molecule has 0 spiro atoms. The van der Waals surface area contributed by atoms with E-state index < -0.39 is 21.9 Å². The Bertz CT molecular complexity index is 669. The number of rotatable bonds is 5. The molecule has 1 atom stereocenters. The van der Waals surface area contributed by atoms with Gasteiger partial charge in [-0.25, -0.2) is 12.7 Å². The van der Waals surface area contributed by atoms with Crippen molar-refractivity contribution in [2.75, 3.05) is 24.7 Å². The molecule has 0 unspecified atom stereocenters. The highest BCUT2D eigenvalue weighted by Gasteiger charge is 2.30. The fourth-order valence-electron chi connectivity index (χ4n) is 2.34. The molecule has 1 aromatic heterocycles. The molecular weight excluding hydrogens is 312 g/mol. The van der Waals surface area contributed by atoms with Crippen LogP contribution in [0.15, 0.2) is 12.3 Å². The quantitative estimate of drug-likeness (QED) is 0.756. The number of piperidine rings is 1. The average Bonchev–Trinajstić information content (AvgIpc) is 2.84. The molecule has 1 aromatic rings. The summed E-state index contributed by atoms with van der Waals surface area (Å²) in [4.78, 5) is 22.7. The lowest BCUT2D eigenvalue weighted by Crippen LogP contribution is -2.43. The van der Waals surface area contributed by atoms with Crippen LogP contribution in [0.5, 0.6) is 0 Å². The van der Waals surface area contributed by atoms with Gasteiger partial charge in [0.25, 0.3) is 0 Å². The van der Waals surface area contributed by atoms with E-state index in [2.05, 4.69) is 10.4 Å². The molecule has 2 rings (SSSR count). The Hall–Kier alpha value is -1.94. The van der Waals surface area contributed by atoms with Crippen molar-refractivity contribution in [3.8, 4) is 0 Å². The van der Waals surface area contributed by atoms with Crippen molar-refractivity contribution in [1.82, 2.24) is 14.1 Å². The topological polar surface area (TPSA) is 122 Å². The van der Waals surface area contributed by atoms with E-state index in [-0.39, 0.29) is 24.8 Å². The minimum Gasteiger partial charge on any atom is -0.480 e. The maximum Gasteiger partial charge on any atom is 0.325 e. The number of amides is 1. The largest absolute Gasteiger partial charge is 0.480 e. The molecule has 0 saturated carbocycles. The van der Waals surface area contributed by atoms with Crippen molar-refractivity contribution in [2.24, 2.45) is 5.92 Å². The van der Waals surface area contributed by atoms with Gasteiger partial charge in [-0.2, -0.15) is 5.10 Å². The molecule has 1 saturated heterocycles. The Morgan fingerprint density at radius 3 is 2.86 bits per heavy atom. The van der Waals surface area contributed by atoms with Crippen molar-refractivity contribution in [3.63, 3.8) is 0 Å². The van der Waals surface area contributed by atoms with Crippen molar-refractivity contribution >= 4 is 27.7 Å². The van der Waals surface area contributed by atoms with Crippen LogP contribution in [0.4, 0.5) is 5.82 Å². The Kier molecular flexibility index (Phi) is 4.81. The van der Waals surface area contributed by atoms with Crippen LogP contribution < -0.4 is 5.32 Å². The molecule has 1 amide bonds. The molecule has 2 N–H and O–H groups in total. The predicted molar refractivity (Wildman–Crippen MR) is 77.6 cm³/mol. The van der Waals surface area contributed by atoms with E-state index in [1.165, 1.54) is 21.3 Å². The predicted octanol–water partition coefficient (Wildman–Crippen LogP) is -0.422. The van der Waals surface area contributed by atoms with Crippen LogP contribution in [0.1, 0.15) is 12.8 Å². The van der Waals surface area contributed by atoms with Gasteiger partial charge in [-0.3, -0.25) is 14.3 Å². The summed E-state index contributed by atoms with van der Waals surface area (Å²) in [7, 11) is -3.31. The van der Waals surface area contributed by atoms with E-state index >= 15 is 0 Å². The van der Waals surface area contributed by atoms with E-state index in [0.717, 1.165) is 6.26 Å². The zero-order valence-electron chi connectivity index (χ0n) is 12.1. The van der Waals surface area contributed by atoms with E-state index in [9.17, 15) is 18.0 Å². The molecule has 122 valence electrons. The highest BCUT2D eigenvalue weighted by molar-refractivity contribution is 7.88. The second-order valence-corrected chi connectivity index (χ2v) is 7.22. The average molecular weight is 330 g/mol. The second-order valence-electron chi connectivity index (χ2n) is 5.24. The third-order valence-corrected chi connectivity index (χ3v) is 4.68. The molecule has 0 aromatic carbocycles. The lowest BCUT2D eigenvalue weighted by atomic mass is 9.99. The molecule has 0 aliphatic carbocycles. The number of aliphatic carboxylic acids is 1. The lowest BCUT2D eigenvalue weighted by molar-refractivity contribution is -0.137. The molecule has 0 radical (unpaired) electrons. The maximum absolute atomic E-state index is 12.2. The number of carbonyl (C=O) groups is 2. The summed E-state index contributed by atoms with van der Waals surface area (Å²) in [6, 6.07) is 1.50. The van der Waals surface area contributed by atoms with Gasteiger partial charge in [0, 0.05) is 25.4 Å². The summed E-state index contributed by atoms with van der Waals surface area (Å²) in [5, 5.41) is 15.2. The Morgan fingerprint density at radius 2 is 2.23 bits per heavy atom. The Morgan fingerprint density at radius 1 is 1.50 bits per heavy atom. The van der Waals surface area contributed by atoms with Crippen LogP contribution in [-0.2, 0) is 26.2 Å². The molecular formula is C12H18N4O5S. The third kappa shape index (κ3) is 4.28. The van der Waals surface area contributed by atoms with Gasteiger partial charge in [0.1, 0.15) is 6.54 Å². The zero-order chi connectivity index (χ0) is 16.3. The summed E-state index contributed by atoms with van der Waals surface area (Å²) >= 11 is 0. The van der Waals surface area contributed by atoms with E-state index in [1.54, 1.807) is 0 Å². The first-order chi connectivity index (χ1) is 10.3. The molecule has 1 aliphatic rings. The standard InChI is InChI=1S/C12H18N4O5S/c1-22(20,21)16-5-2-3-9(7-16)12(19)13-10-4-6-15(14-10)8-11(17)18/h4,6,9H,2-3,5,7-8H2,1H3,(H,17,18)(H,13,14,19)/t9-/m0/s1. The third-order valence-electron chi connectivity index (χ3n) is 3.41. The zero-order valence-corrected chi connectivity index (χ0v) is 12.9. The van der Waals surface area contributed by atoms with Crippen LogP contribution >= 0.6 is 0 Å². The maximum atomic E-state index is 12.2. The minimum atomic E-state index is -3.31.